The molecule has 0 bridgehead atoms. The summed E-state index contributed by atoms with van der Waals surface area (Å²) in [5, 5.41) is 0.797. The maximum absolute atomic E-state index is 13.2. The Bertz CT molecular complexity index is 1540. The SMILES string of the molecule is O=c1c2c(c(=O)c3c1sc1c(=O)c4ccccc4c(=O)c13)C=CC=CCC2. The van der Waals surface area contributed by atoms with Crippen LogP contribution in [0.15, 0.2) is 61.7 Å². The quantitative estimate of drug-likeness (QED) is 0.476. The first-order valence-corrected chi connectivity index (χ1v) is 9.42. The average Bonchev–Trinajstić information content (AvgIpc) is 3.06. The van der Waals surface area contributed by atoms with E-state index in [4.69, 9.17) is 0 Å². The minimum absolute atomic E-state index is 0.0922. The summed E-state index contributed by atoms with van der Waals surface area (Å²) in [7, 11) is 0. The largest absolute Gasteiger partial charge is 0.289 e. The van der Waals surface area contributed by atoms with Gasteiger partial charge in [-0.15, -0.1) is 11.3 Å². The summed E-state index contributed by atoms with van der Waals surface area (Å²) in [5.41, 5.74) is -0.462. The van der Waals surface area contributed by atoms with Gasteiger partial charge < -0.3 is 0 Å². The highest BCUT2D eigenvalue weighted by molar-refractivity contribution is 7.25. The Morgan fingerprint density at radius 3 is 2.19 bits per heavy atom. The smallest absolute Gasteiger partial charge is 0.204 e. The van der Waals surface area contributed by atoms with Crippen molar-refractivity contribution < 1.29 is 0 Å². The van der Waals surface area contributed by atoms with E-state index in [9.17, 15) is 19.2 Å². The van der Waals surface area contributed by atoms with Crippen LogP contribution in [-0.2, 0) is 6.42 Å². The second kappa shape index (κ2) is 5.66. The van der Waals surface area contributed by atoms with Gasteiger partial charge in [0.25, 0.3) is 0 Å². The van der Waals surface area contributed by atoms with Gasteiger partial charge >= 0.3 is 0 Å². The molecule has 0 saturated carbocycles. The zero-order valence-corrected chi connectivity index (χ0v) is 14.9. The van der Waals surface area contributed by atoms with Gasteiger partial charge in [-0.25, -0.2) is 0 Å². The van der Waals surface area contributed by atoms with Gasteiger partial charge in [-0.1, -0.05) is 48.6 Å². The van der Waals surface area contributed by atoms with Gasteiger partial charge in [0.2, 0.25) is 5.43 Å². The van der Waals surface area contributed by atoms with Crippen molar-refractivity contribution in [3.63, 3.8) is 0 Å². The Balaban J connectivity index is 2.12. The molecule has 5 heteroatoms. The van der Waals surface area contributed by atoms with Gasteiger partial charge in [0.05, 0.1) is 20.2 Å². The van der Waals surface area contributed by atoms with Gasteiger partial charge in [-0.05, 0) is 12.8 Å². The first kappa shape index (κ1) is 16.0. The van der Waals surface area contributed by atoms with Gasteiger partial charge in [-0.3, -0.25) is 19.2 Å². The van der Waals surface area contributed by atoms with Crippen LogP contribution in [0.1, 0.15) is 17.5 Å². The molecule has 5 rings (SSSR count). The Morgan fingerprint density at radius 2 is 1.41 bits per heavy atom. The number of allylic oxidation sites excluding steroid dienone is 3. The maximum Gasteiger partial charge on any atom is 0.204 e. The Labute approximate surface area is 156 Å². The van der Waals surface area contributed by atoms with Crippen LogP contribution in [0.3, 0.4) is 0 Å². The molecule has 0 N–H and O–H groups in total. The van der Waals surface area contributed by atoms with E-state index in [1.54, 1.807) is 36.4 Å². The molecule has 0 amide bonds. The van der Waals surface area contributed by atoms with E-state index < -0.39 is 0 Å². The van der Waals surface area contributed by atoms with E-state index in [-0.39, 0.29) is 47.3 Å². The Hall–Kier alpha value is -3.18. The molecule has 0 unspecified atom stereocenters. The fourth-order valence-electron chi connectivity index (χ4n) is 3.83. The van der Waals surface area contributed by atoms with Crippen molar-refractivity contribution in [2.24, 2.45) is 0 Å². The standard InChI is InChI=1S/C22H12O4S/c23-17-11-7-3-1-2-4-8-13(11)19(25)21-15(17)16-18(24)12-9-5-6-10-14(12)20(26)22(16)27-21/h1-3,5-7,9-10H,4,8H2. The average molecular weight is 372 g/mol. The molecule has 1 aliphatic rings. The summed E-state index contributed by atoms with van der Waals surface area (Å²) < 4.78 is 0.416. The van der Waals surface area contributed by atoms with Crippen molar-refractivity contribution in [2.75, 3.05) is 0 Å². The van der Waals surface area contributed by atoms with Crippen LogP contribution in [0.2, 0.25) is 0 Å². The highest BCUT2D eigenvalue weighted by Crippen LogP contribution is 2.28. The molecule has 0 spiro atoms. The number of thiophene rings is 1. The normalized spacial score (nSPS) is 13.9. The fourth-order valence-corrected chi connectivity index (χ4v) is 5.05. The molecule has 0 atom stereocenters. The van der Waals surface area contributed by atoms with Crippen LogP contribution in [-0.4, -0.2) is 0 Å². The molecule has 1 aliphatic carbocycles. The molecule has 130 valence electrons. The summed E-state index contributed by atoms with van der Waals surface area (Å²) in [5.74, 6) is 0. The van der Waals surface area contributed by atoms with E-state index in [2.05, 4.69) is 0 Å². The number of hydrogen-bond acceptors (Lipinski definition) is 5. The van der Waals surface area contributed by atoms with Gasteiger partial charge in [0, 0.05) is 21.9 Å². The first-order chi connectivity index (χ1) is 13.1. The monoisotopic (exact) mass is 372 g/mol. The molecule has 1 aromatic heterocycles. The maximum atomic E-state index is 13.2. The molecule has 4 aromatic rings. The van der Waals surface area contributed by atoms with Gasteiger partial charge in [-0.2, -0.15) is 0 Å². The van der Waals surface area contributed by atoms with Crippen molar-refractivity contribution in [1.29, 1.82) is 0 Å². The van der Waals surface area contributed by atoms with E-state index in [0.29, 0.717) is 29.4 Å². The van der Waals surface area contributed by atoms with E-state index in [0.717, 1.165) is 11.3 Å². The van der Waals surface area contributed by atoms with Crippen LogP contribution in [0.25, 0.3) is 37.0 Å². The summed E-state index contributed by atoms with van der Waals surface area (Å²) in [6, 6.07) is 6.57. The van der Waals surface area contributed by atoms with Crippen LogP contribution in [0, 0.1) is 0 Å². The van der Waals surface area contributed by atoms with E-state index >= 15 is 0 Å². The fraction of sp³-hybridized carbons (Fsp3) is 0.0909. The highest BCUT2D eigenvalue weighted by Gasteiger charge is 2.23. The number of benzene rings is 3. The lowest BCUT2D eigenvalue weighted by atomic mass is 9.96. The van der Waals surface area contributed by atoms with Gasteiger partial charge in [0.1, 0.15) is 0 Å². The number of rotatable bonds is 0. The third-order valence-electron chi connectivity index (χ3n) is 5.11. The van der Waals surface area contributed by atoms with Crippen LogP contribution in [0.5, 0.6) is 0 Å². The second-order valence-corrected chi connectivity index (χ2v) is 7.61. The lowest BCUT2D eigenvalue weighted by Gasteiger charge is -2.05. The van der Waals surface area contributed by atoms with Crippen LogP contribution >= 0.6 is 11.3 Å². The van der Waals surface area contributed by atoms with Crippen LogP contribution < -0.4 is 21.7 Å². The summed E-state index contributed by atoms with van der Waals surface area (Å²) in [6.07, 6.45) is 8.26. The summed E-state index contributed by atoms with van der Waals surface area (Å²) >= 11 is 0.976. The van der Waals surface area contributed by atoms with Crippen molar-refractivity contribution in [1.82, 2.24) is 0 Å². The van der Waals surface area contributed by atoms with Crippen molar-refractivity contribution >= 4 is 48.4 Å². The molecule has 27 heavy (non-hydrogen) atoms. The number of fused-ring (bicyclic) bond motifs is 5. The van der Waals surface area contributed by atoms with Gasteiger partial charge in [0.15, 0.2) is 16.3 Å². The second-order valence-electron chi connectivity index (χ2n) is 6.59. The molecule has 0 fully saturated rings. The summed E-state index contributed by atoms with van der Waals surface area (Å²) in [4.78, 5) is 52.3. The molecule has 0 saturated heterocycles. The summed E-state index contributed by atoms with van der Waals surface area (Å²) in [6.45, 7) is 0. The topological polar surface area (TPSA) is 68.3 Å². The number of hydrogen-bond donors (Lipinski definition) is 0. The Kier molecular flexibility index (Phi) is 3.36. The minimum Gasteiger partial charge on any atom is -0.289 e. The predicted molar refractivity (Wildman–Crippen MR) is 111 cm³/mol. The van der Waals surface area contributed by atoms with Crippen molar-refractivity contribution in [2.45, 2.75) is 12.8 Å². The molecular weight excluding hydrogens is 360 g/mol. The van der Waals surface area contributed by atoms with Crippen molar-refractivity contribution in [3.05, 3.63) is 94.5 Å². The Morgan fingerprint density at radius 1 is 0.741 bits per heavy atom. The third-order valence-corrected chi connectivity index (χ3v) is 6.29. The third kappa shape index (κ3) is 2.09. The molecule has 1 heterocycles. The lowest BCUT2D eigenvalue weighted by Crippen LogP contribution is -2.21. The van der Waals surface area contributed by atoms with Crippen LogP contribution in [0.4, 0.5) is 0 Å². The first-order valence-electron chi connectivity index (χ1n) is 8.60. The predicted octanol–water partition coefficient (Wildman–Crippen LogP) is 3.04. The highest BCUT2D eigenvalue weighted by atomic mass is 32.1. The minimum atomic E-state index is -0.363. The molecule has 3 aromatic carbocycles. The zero-order valence-electron chi connectivity index (χ0n) is 14.1. The van der Waals surface area contributed by atoms with Crippen molar-refractivity contribution in [3.8, 4) is 0 Å². The molecule has 4 nitrogen and oxygen atoms in total. The molecule has 0 aliphatic heterocycles. The van der Waals surface area contributed by atoms with E-state index in [1.807, 2.05) is 12.2 Å². The molecular formula is C22H12O4S. The van der Waals surface area contributed by atoms with E-state index in [1.165, 1.54) is 0 Å². The molecule has 0 radical (unpaired) electrons. The zero-order chi connectivity index (χ0) is 18.7. The lowest BCUT2D eigenvalue weighted by molar-refractivity contribution is 0.986.